The van der Waals surface area contributed by atoms with Crippen molar-refractivity contribution in [1.29, 1.82) is 0 Å². The summed E-state index contributed by atoms with van der Waals surface area (Å²) in [6.07, 6.45) is -8.58. The van der Waals surface area contributed by atoms with Gasteiger partial charge in [-0.2, -0.15) is 26.3 Å². The number of nitrogens with zero attached hydrogens (tertiary/aromatic N) is 3. The molecule has 1 N–H and O–H groups in total. The zero-order valence-corrected chi connectivity index (χ0v) is 10.9. The molecule has 5 nitrogen and oxygen atoms in total. The number of nitrogens with one attached hydrogen (secondary N) is 1. The van der Waals surface area contributed by atoms with Gasteiger partial charge in [-0.1, -0.05) is 0 Å². The Kier molecular flexibility index (Phi) is 4.16. The van der Waals surface area contributed by atoms with E-state index in [1.165, 1.54) is 0 Å². The second-order valence-corrected chi connectivity index (χ2v) is 4.70. The second-order valence-electron chi connectivity index (χ2n) is 4.70. The van der Waals surface area contributed by atoms with Crippen LogP contribution < -0.4 is 5.32 Å². The van der Waals surface area contributed by atoms with Crippen LogP contribution in [0, 0.1) is 0 Å². The average molecular weight is 328 g/mol. The van der Waals surface area contributed by atoms with E-state index in [-0.39, 0.29) is 18.9 Å². The lowest BCUT2D eigenvalue weighted by Gasteiger charge is -2.18. The minimum absolute atomic E-state index is 0.268. The van der Waals surface area contributed by atoms with Crippen molar-refractivity contribution in [2.24, 2.45) is 0 Å². The number of anilines is 1. The van der Waals surface area contributed by atoms with Crippen LogP contribution in [-0.2, 0) is 11.0 Å². The molecule has 0 aromatic carbocycles. The van der Waals surface area contributed by atoms with Gasteiger partial charge in [-0.25, -0.2) is 9.97 Å². The summed E-state index contributed by atoms with van der Waals surface area (Å²) in [6.45, 7) is -1.68. The summed E-state index contributed by atoms with van der Waals surface area (Å²) in [6, 6.07) is -0.112. The molecule has 1 amide bonds. The van der Waals surface area contributed by atoms with Gasteiger partial charge in [0.25, 0.3) is 0 Å². The van der Waals surface area contributed by atoms with Gasteiger partial charge in [0.05, 0.1) is 6.04 Å². The molecule has 1 atom stereocenters. The first kappa shape index (κ1) is 16.3. The number of amides is 1. The summed E-state index contributed by atoms with van der Waals surface area (Å²) in [5.41, 5.74) is -1.18. The van der Waals surface area contributed by atoms with Gasteiger partial charge in [0.1, 0.15) is 12.2 Å². The normalized spacial score (nSPS) is 19.6. The third-order valence-electron chi connectivity index (χ3n) is 2.86. The lowest BCUT2D eigenvalue weighted by atomic mass is 10.2. The number of halogens is 6. The Morgan fingerprint density at radius 3 is 2.55 bits per heavy atom. The highest BCUT2D eigenvalue weighted by Gasteiger charge is 2.39. The van der Waals surface area contributed by atoms with Crippen LogP contribution in [0.15, 0.2) is 12.3 Å². The Bertz CT molecular complexity index is 558. The molecule has 1 unspecified atom stereocenters. The number of rotatable bonds is 3. The molecule has 2 rings (SSSR count). The Morgan fingerprint density at radius 2 is 1.95 bits per heavy atom. The summed E-state index contributed by atoms with van der Waals surface area (Å²) in [4.78, 5) is 18.8. The van der Waals surface area contributed by atoms with Crippen LogP contribution in [0.5, 0.6) is 0 Å². The van der Waals surface area contributed by atoms with Gasteiger partial charge in [0.2, 0.25) is 11.9 Å². The van der Waals surface area contributed by atoms with E-state index in [1.807, 2.05) is 0 Å². The maximum absolute atomic E-state index is 12.5. The summed E-state index contributed by atoms with van der Waals surface area (Å²) in [5, 5.41) is 2.45. The third-order valence-corrected chi connectivity index (χ3v) is 2.86. The largest absolute Gasteiger partial charge is 0.433 e. The molecule has 1 aromatic heterocycles. The Labute approximate surface area is 120 Å². The minimum atomic E-state index is -4.66. The van der Waals surface area contributed by atoms with Crippen molar-refractivity contribution in [1.82, 2.24) is 14.9 Å². The SMILES string of the molecule is O=C1CC(Nc2nccc(C(F)(F)F)n2)CN1CC(F)(F)F. The van der Waals surface area contributed by atoms with Crippen LogP contribution in [0.25, 0.3) is 0 Å². The van der Waals surface area contributed by atoms with Crippen molar-refractivity contribution in [2.45, 2.75) is 24.8 Å². The monoisotopic (exact) mass is 328 g/mol. The number of hydrogen-bond acceptors (Lipinski definition) is 4. The molecule has 2 heterocycles. The van der Waals surface area contributed by atoms with E-state index in [1.54, 1.807) is 0 Å². The van der Waals surface area contributed by atoms with E-state index < -0.39 is 36.5 Å². The van der Waals surface area contributed by atoms with Gasteiger partial charge in [-0.3, -0.25) is 4.79 Å². The van der Waals surface area contributed by atoms with Crippen LogP contribution >= 0.6 is 0 Å². The van der Waals surface area contributed by atoms with E-state index >= 15 is 0 Å². The molecule has 1 aliphatic rings. The number of carbonyl (C=O) groups excluding carboxylic acids is 1. The molecule has 1 fully saturated rings. The highest BCUT2D eigenvalue weighted by atomic mass is 19.4. The maximum atomic E-state index is 12.5. The third kappa shape index (κ3) is 4.21. The van der Waals surface area contributed by atoms with Gasteiger partial charge in [-0.05, 0) is 6.07 Å². The molecular weight excluding hydrogens is 318 g/mol. The second kappa shape index (κ2) is 5.61. The number of aromatic nitrogens is 2. The molecule has 0 radical (unpaired) electrons. The van der Waals surface area contributed by atoms with Gasteiger partial charge < -0.3 is 10.2 Å². The molecule has 11 heteroatoms. The topological polar surface area (TPSA) is 58.1 Å². The summed E-state index contributed by atoms with van der Waals surface area (Å²) < 4.78 is 74.2. The summed E-state index contributed by atoms with van der Waals surface area (Å²) in [5.74, 6) is -1.12. The predicted octanol–water partition coefficient (Wildman–Crippen LogP) is 2.07. The quantitative estimate of drug-likeness (QED) is 0.863. The fraction of sp³-hybridized carbons (Fsp3) is 0.545. The fourth-order valence-corrected chi connectivity index (χ4v) is 2.01. The van der Waals surface area contributed by atoms with E-state index in [9.17, 15) is 31.1 Å². The summed E-state index contributed by atoms with van der Waals surface area (Å²) >= 11 is 0. The van der Waals surface area contributed by atoms with Crippen LogP contribution in [-0.4, -0.2) is 46.1 Å². The smallest absolute Gasteiger partial charge is 0.349 e. The Morgan fingerprint density at radius 1 is 1.27 bits per heavy atom. The molecule has 0 saturated carbocycles. The number of alkyl halides is 6. The Hall–Kier alpha value is -2.07. The fourth-order valence-electron chi connectivity index (χ4n) is 2.01. The van der Waals surface area contributed by atoms with Crippen molar-refractivity contribution in [3.63, 3.8) is 0 Å². The summed E-state index contributed by atoms with van der Waals surface area (Å²) in [7, 11) is 0. The molecule has 0 spiro atoms. The van der Waals surface area contributed by atoms with Crippen molar-refractivity contribution in [3.8, 4) is 0 Å². The first-order valence-electron chi connectivity index (χ1n) is 6.06. The van der Waals surface area contributed by atoms with Crippen LogP contribution in [0.4, 0.5) is 32.3 Å². The molecule has 1 saturated heterocycles. The molecule has 22 heavy (non-hydrogen) atoms. The molecular formula is C11H10F6N4O. The molecule has 0 aliphatic carbocycles. The van der Waals surface area contributed by atoms with Gasteiger partial charge in [-0.15, -0.1) is 0 Å². The molecule has 122 valence electrons. The van der Waals surface area contributed by atoms with Crippen molar-refractivity contribution in [3.05, 3.63) is 18.0 Å². The highest BCUT2D eigenvalue weighted by molar-refractivity contribution is 5.79. The highest BCUT2D eigenvalue weighted by Crippen LogP contribution is 2.28. The number of likely N-dealkylation sites (tertiary alicyclic amines) is 1. The van der Waals surface area contributed by atoms with Crippen molar-refractivity contribution < 1.29 is 31.1 Å². The zero-order valence-electron chi connectivity index (χ0n) is 10.9. The predicted molar refractivity (Wildman–Crippen MR) is 61.7 cm³/mol. The van der Waals surface area contributed by atoms with Crippen molar-refractivity contribution in [2.75, 3.05) is 18.4 Å². The number of hydrogen-bond donors (Lipinski definition) is 1. The maximum Gasteiger partial charge on any atom is 0.433 e. The lowest BCUT2D eigenvalue weighted by Crippen LogP contribution is -2.36. The van der Waals surface area contributed by atoms with Crippen molar-refractivity contribution >= 4 is 11.9 Å². The lowest BCUT2D eigenvalue weighted by molar-refractivity contribution is -0.157. The standard InChI is InChI=1S/C11H10F6N4O/c12-10(13,14)5-21-4-6(3-8(21)22)19-9-18-2-1-7(20-9)11(15,16)17/h1-2,6H,3-5H2,(H,18,19,20). The zero-order chi connectivity index (χ0) is 16.5. The van der Waals surface area contributed by atoms with Crippen LogP contribution in [0.1, 0.15) is 12.1 Å². The first-order valence-corrected chi connectivity index (χ1v) is 6.06. The van der Waals surface area contributed by atoms with Gasteiger partial charge in [0.15, 0.2) is 0 Å². The van der Waals surface area contributed by atoms with E-state index in [0.29, 0.717) is 11.0 Å². The van der Waals surface area contributed by atoms with Crippen LogP contribution in [0.3, 0.4) is 0 Å². The van der Waals surface area contributed by atoms with E-state index in [2.05, 4.69) is 15.3 Å². The molecule has 1 aromatic rings. The number of carbonyl (C=O) groups is 1. The molecule has 0 bridgehead atoms. The minimum Gasteiger partial charge on any atom is -0.349 e. The Balaban J connectivity index is 2.02. The molecule has 1 aliphatic heterocycles. The van der Waals surface area contributed by atoms with E-state index in [0.717, 1.165) is 6.20 Å². The van der Waals surface area contributed by atoms with Gasteiger partial charge >= 0.3 is 12.4 Å². The van der Waals surface area contributed by atoms with Gasteiger partial charge in [0, 0.05) is 19.2 Å². The average Bonchev–Trinajstić information content (AvgIpc) is 2.66. The van der Waals surface area contributed by atoms with E-state index in [4.69, 9.17) is 0 Å². The van der Waals surface area contributed by atoms with Crippen LogP contribution in [0.2, 0.25) is 0 Å². The first-order chi connectivity index (χ1) is 10.0.